The molecule has 1 fully saturated rings. The van der Waals surface area contributed by atoms with Gasteiger partial charge in [0, 0.05) is 29.9 Å². The van der Waals surface area contributed by atoms with E-state index in [0.29, 0.717) is 6.42 Å². The van der Waals surface area contributed by atoms with E-state index in [1.165, 1.54) is 23.1 Å². The number of H-pyrrole nitrogens is 1. The fraction of sp³-hybridized carbons (Fsp3) is 0.474. The van der Waals surface area contributed by atoms with Gasteiger partial charge < -0.3 is 15.2 Å². The maximum absolute atomic E-state index is 11.6. The van der Waals surface area contributed by atoms with Crippen molar-refractivity contribution in [2.45, 2.75) is 57.0 Å². The summed E-state index contributed by atoms with van der Waals surface area (Å²) in [7, 11) is 0. The molecule has 6 heteroatoms. The number of nitrogens with one attached hydrogen (secondary N) is 2. The number of carbonyl (C=O) groups is 2. The van der Waals surface area contributed by atoms with Crippen LogP contribution in [-0.4, -0.2) is 33.2 Å². The molecule has 0 unspecified atom stereocenters. The van der Waals surface area contributed by atoms with Gasteiger partial charge in [-0.05, 0) is 24.5 Å². The van der Waals surface area contributed by atoms with E-state index in [1.54, 1.807) is 0 Å². The van der Waals surface area contributed by atoms with Gasteiger partial charge in [0.2, 0.25) is 0 Å². The fourth-order valence-corrected chi connectivity index (χ4v) is 4.18. The van der Waals surface area contributed by atoms with Crippen molar-refractivity contribution in [1.82, 2.24) is 10.3 Å². The molecule has 2 aromatic rings. The van der Waals surface area contributed by atoms with Gasteiger partial charge in [0.05, 0.1) is 5.54 Å². The standard InChI is InChI=1S/C17H20N2O2.C2H4O2/c20-16(21)14-10-12-11-6-2-3-7-13(11)18-15(12)17(19-14)8-4-1-5-9-17;1-2(3)4/h2-3,6-7,14,18-19H,1,4-5,8-10H2,(H,20,21);1H3,(H,3,4)/t14-;/m0./s1. The summed E-state index contributed by atoms with van der Waals surface area (Å²) in [6, 6.07) is 7.77. The Hall–Kier alpha value is -2.34. The van der Waals surface area contributed by atoms with Crippen molar-refractivity contribution in [3.05, 3.63) is 35.5 Å². The molecule has 25 heavy (non-hydrogen) atoms. The van der Waals surface area contributed by atoms with Gasteiger partial charge >= 0.3 is 5.97 Å². The topological polar surface area (TPSA) is 102 Å². The second-order valence-electron chi connectivity index (χ2n) is 6.93. The lowest BCUT2D eigenvalue weighted by Crippen LogP contribution is -2.56. The first-order chi connectivity index (χ1) is 11.9. The molecule has 0 radical (unpaired) electrons. The van der Waals surface area contributed by atoms with E-state index in [-0.39, 0.29) is 5.54 Å². The molecular formula is C19H24N2O4. The number of aromatic nitrogens is 1. The lowest BCUT2D eigenvalue weighted by Gasteiger charge is -2.43. The number of aliphatic carboxylic acids is 2. The molecule has 0 amide bonds. The Bertz CT molecular complexity index is 786. The molecule has 0 bridgehead atoms. The smallest absolute Gasteiger partial charge is 0.321 e. The minimum absolute atomic E-state index is 0.173. The number of rotatable bonds is 1. The fourth-order valence-electron chi connectivity index (χ4n) is 4.18. The van der Waals surface area contributed by atoms with Gasteiger partial charge in [-0.25, -0.2) is 0 Å². The van der Waals surface area contributed by atoms with Crippen LogP contribution >= 0.6 is 0 Å². The molecule has 1 aliphatic heterocycles. The van der Waals surface area contributed by atoms with Crippen LogP contribution in [0.25, 0.3) is 10.9 Å². The first kappa shape index (κ1) is 17.5. The summed E-state index contributed by atoms with van der Waals surface area (Å²) in [5, 5.41) is 21.6. The van der Waals surface area contributed by atoms with Crippen LogP contribution in [0.4, 0.5) is 0 Å². The van der Waals surface area contributed by atoms with E-state index < -0.39 is 18.0 Å². The van der Waals surface area contributed by atoms with Crippen LogP contribution in [0.3, 0.4) is 0 Å². The van der Waals surface area contributed by atoms with Crippen molar-refractivity contribution in [2.75, 3.05) is 0 Å². The molecule has 2 heterocycles. The molecule has 1 atom stereocenters. The Balaban J connectivity index is 0.000000415. The monoisotopic (exact) mass is 344 g/mol. The summed E-state index contributed by atoms with van der Waals surface area (Å²) in [5.41, 5.74) is 3.40. The van der Waals surface area contributed by atoms with E-state index in [9.17, 15) is 9.90 Å². The number of carboxylic acids is 2. The minimum atomic E-state index is -0.833. The molecule has 134 valence electrons. The second-order valence-corrected chi connectivity index (χ2v) is 6.93. The molecule has 6 nitrogen and oxygen atoms in total. The molecular weight excluding hydrogens is 320 g/mol. The molecule has 1 aromatic heterocycles. The van der Waals surface area contributed by atoms with Crippen LogP contribution in [0.1, 0.15) is 50.3 Å². The van der Waals surface area contributed by atoms with Crippen molar-refractivity contribution in [1.29, 1.82) is 0 Å². The summed E-state index contributed by atoms with van der Waals surface area (Å²) >= 11 is 0. The number of para-hydroxylation sites is 1. The van der Waals surface area contributed by atoms with Gasteiger partial charge in [0.25, 0.3) is 5.97 Å². The molecule has 0 saturated heterocycles. The van der Waals surface area contributed by atoms with Gasteiger partial charge in [-0.2, -0.15) is 0 Å². The molecule has 1 aromatic carbocycles. The zero-order valence-corrected chi connectivity index (χ0v) is 14.3. The number of hydrogen-bond donors (Lipinski definition) is 4. The van der Waals surface area contributed by atoms with E-state index in [2.05, 4.69) is 22.4 Å². The zero-order chi connectivity index (χ0) is 18.0. The highest BCUT2D eigenvalue weighted by Crippen LogP contribution is 2.43. The van der Waals surface area contributed by atoms with E-state index in [4.69, 9.17) is 9.90 Å². The summed E-state index contributed by atoms with van der Waals surface area (Å²) in [4.78, 5) is 24.2. The third-order valence-corrected chi connectivity index (χ3v) is 5.16. The number of aromatic amines is 1. The predicted molar refractivity (Wildman–Crippen MR) is 94.6 cm³/mol. The van der Waals surface area contributed by atoms with Gasteiger partial charge in [-0.1, -0.05) is 37.5 Å². The van der Waals surface area contributed by atoms with Crippen molar-refractivity contribution < 1.29 is 19.8 Å². The van der Waals surface area contributed by atoms with Gasteiger partial charge in [-0.15, -0.1) is 0 Å². The van der Waals surface area contributed by atoms with Crippen LogP contribution in [-0.2, 0) is 21.5 Å². The van der Waals surface area contributed by atoms with Crippen LogP contribution in [0.2, 0.25) is 0 Å². The first-order valence-electron chi connectivity index (χ1n) is 8.73. The number of carboxylic acid groups (broad SMARTS) is 2. The highest BCUT2D eigenvalue weighted by atomic mass is 16.4. The van der Waals surface area contributed by atoms with Crippen LogP contribution < -0.4 is 5.32 Å². The lowest BCUT2D eigenvalue weighted by atomic mass is 9.74. The maximum Gasteiger partial charge on any atom is 0.321 e. The summed E-state index contributed by atoms with van der Waals surface area (Å²) in [6.45, 7) is 1.08. The highest BCUT2D eigenvalue weighted by Gasteiger charge is 2.44. The lowest BCUT2D eigenvalue weighted by molar-refractivity contribution is -0.140. The minimum Gasteiger partial charge on any atom is -0.481 e. The van der Waals surface area contributed by atoms with Crippen molar-refractivity contribution in [3.8, 4) is 0 Å². The van der Waals surface area contributed by atoms with Gasteiger partial charge in [-0.3, -0.25) is 14.9 Å². The Morgan fingerprint density at radius 1 is 1.12 bits per heavy atom. The molecule has 2 aliphatic rings. The van der Waals surface area contributed by atoms with Crippen molar-refractivity contribution in [3.63, 3.8) is 0 Å². The molecule has 4 N–H and O–H groups in total. The number of hydrogen-bond acceptors (Lipinski definition) is 3. The van der Waals surface area contributed by atoms with Crippen LogP contribution in [0, 0.1) is 0 Å². The van der Waals surface area contributed by atoms with Gasteiger partial charge in [0.1, 0.15) is 6.04 Å². The molecule has 1 saturated carbocycles. The zero-order valence-electron chi connectivity index (χ0n) is 14.3. The Labute approximate surface area is 146 Å². The normalized spacial score (nSPS) is 21.2. The predicted octanol–water partition coefficient (Wildman–Crippen LogP) is 3.02. The van der Waals surface area contributed by atoms with E-state index in [0.717, 1.165) is 38.1 Å². The van der Waals surface area contributed by atoms with E-state index >= 15 is 0 Å². The highest BCUT2D eigenvalue weighted by molar-refractivity contribution is 5.87. The summed E-state index contributed by atoms with van der Waals surface area (Å²) in [6.07, 6.45) is 6.18. The SMILES string of the molecule is CC(=O)O.O=C(O)[C@@H]1Cc2c([nH]c3ccccc23)C2(CCCCC2)N1. The number of fused-ring (bicyclic) bond motifs is 4. The summed E-state index contributed by atoms with van der Waals surface area (Å²) < 4.78 is 0. The second kappa shape index (κ2) is 6.88. The average molecular weight is 344 g/mol. The Morgan fingerprint density at radius 2 is 1.76 bits per heavy atom. The first-order valence-corrected chi connectivity index (χ1v) is 8.73. The average Bonchev–Trinajstić information content (AvgIpc) is 2.95. The third-order valence-electron chi connectivity index (χ3n) is 5.16. The van der Waals surface area contributed by atoms with Crippen LogP contribution in [0.5, 0.6) is 0 Å². The largest absolute Gasteiger partial charge is 0.481 e. The van der Waals surface area contributed by atoms with Gasteiger partial charge in [0.15, 0.2) is 0 Å². The quantitative estimate of drug-likeness (QED) is 0.637. The third kappa shape index (κ3) is 3.39. The number of benzene rings is 1. The Kier molecular flexibility index (Phi) is 4.81. The molecule has 4 rings (SSSR count). The van der Waals surface area contributed by atoms with Crippen molar-refractivity contribution in [2.24, 2.45) is 0 Å². The van der Waals surface area contributed by atoms with Crippen LogP contribution in [0.15, 0.2) is 24.3 Å². The summed E-state index contributed by atoms with van der Waals surface area (Å²) in [5.74, 6) is -1.57. The molecule has 1 spiro atoms. The van der Waals surface area contributed by atoms with Crippen molar-refractivity contribution >= 4 is 22.8 Å². The maximum atomic E-state index is 11.6. The molecule has 1 aliphatic carbocycles. The Morgan fingerprint density at radius 3 is 2.40 bits per heavy atom. The van der Waals surface area contributed by atoms with E-state index in [1.807, 2.05) is 12.1 Å².